The van der Waals surface area contributed by atoms with Crippen LogP contribution in [-0.4, -0.2) is 28.9 Å². The van der Waals surface area contributed by atoms with Gasteiger partial charge in [0.15, 0.2) is 0 Å². The van der Waals surface area contributed by atoms with E-state index in [9.17, 15) is 4.79 Å². The van der Waals surface area contributed by atoms with Gasteiger partial charge in [-0.25, -0.2) is 4.98 Å². The number of carbonyl (C=O) groups excluding carboxylic acids is 1. The molecule has 1 amide bonds. The van der Waals surface area contributed by atoms with Crippen LogP contribution in [-0.2, 0) is 6.42 Å². The third kappa shape index (κ3) is 2.86. The Balaban J connectivity index is 1.78. The molecule has 2 N–H and O–H groups in total. The van der Waals surface area contributed by atoms with Gasteiger partial charge in [0.1, 0.15) is 9.71 Å². The topological polar surface area (TPSA) is 59.2 Å². The van der Waals surface area contributed by atoms with Crippen molar-refractivity contribution in [3.8, 4) is 0 Å². The first kappa shape index (κ1) is 16.3. The molecular weight excluding hydrogens is 330 g/mol. The van der Waals surface area contributed by atoms with Crippen LogP contribution in [0.4, 0.5) is 5.69 Å². The number of fused-ring (bicyclic) bond motifs is 2. The van der Waals surface area contributed by atoms with E-state index in [-0.39, 0.29) is 5.91 Å². The molecule has 5 heteroatoms. The smallest absolute Gasteiger partial charge is 0.266 e. The maximum atomic E-state index is 13.0. The first-order valence-electron chi connectivity index (χ1n) is 8.97. The molecule has 1 atom stereocenters. The maximum absolute atomic E-state index is 13.0. The molecule has 1 fully saturated rings. The van der Waals surface area contributed by atoms with E-state index >= 15 is 0 Å². The molecule has 4 rings (SSSR count). The van der Waals surface area contributed by atoms with E-state index in [0.717, 1.165) is 47.1 Å². The molecule has 0 radical (unpaired) electrons. The second kappa shape index (κ2) is 6.30. The number of amides is 1. The van der Waals surface area contributed by atoms with E-state index in [1.807, 2.05) is 4.90 Å². The van der Waals surface area contributed by atoms with Gasteiger partial charge >= 0.3 is 0 Å². The SMILES string of the molecule is CCc1ccc2nc3sc(C(=O)N4CCC[C@@H](C)C4)c(N)c3cc2c1. The Morgan fingerprint density at radius 1 is 1.40 bits per heavy atom. The molecule has 2 aromatic heterocycles. The zero-order valence-corrected chi connectivity index (χ0v) is 15.5. The highest BCUT2D eigenvalue weighted by atomic mass is 32.1. The number of piperidine rings is 1. The summed E-state index contributed by atoms with van der Waals surface area (Å²) in [6, 6.07) is 8.40. The highest BCUT2D eigenvalue weighted by Gasteiger charge is 2.26. The van der Waals surface area contributed by atoms with Crippen molar-refractivity contribution in [2.75, 3.05) is 18.8 Å². The first-order chi connectivity index (χ1) is 12.1. The fourth-order valence-electron chi connectivity index (χ4n) is 3.65. The zero-order valence-electron chi connectivity index (χ0n) is 14.7. The predicted octanol–water partition coefficient (Wildman–Crippen LogP) is 4.47. The highest BCUT2D eigenvalue weighted by molar-refractivity contribution is 7.21. The Hall–Kier alpha value is -2.14. The van der Waals surface area contributed by atoms with Crippen molar-refractivity contribution in [1.82, 2.24) is 9.88 Å². The van der Waals surface area contributed by atoms with Gasteiger partial charge in [-0.1, -0.05) is 19.9 Å². The van der Waals surface area contributed by atoms with Crippen LogP contribution >= 0.6 is 11.3 Å². The fraction of sp³-hybridized carbons (Fsp3) is 0.400. The summed E-state index contributed by atoms with van der Waals surface area (Å²) in [4.78, 5) is 21.1. The summed E-state index contributed by atoms with van der Waals surface area (Å²) in [7, 11) is 0. The molecule has 0 unspecified atom stereocenters. The number of aromatic nitrogens is 1. The lowest BCUT2D eigenvalue weighted by molar-refractivity contribution is 0.0689. The number of hydrogen-bond acceptors (Lipinski definition) is 4. The Morgan fingerprint density at radius 3 is 3.00 bits per heavy atom. The summed E-state index contributed by atoms with van der Waals surface area (Å²) in [5.41, 5.74) is 9.18. The monoisotopic (exact) mass is 353 g/mol. The number of likely N-dealkylation sites (tertiary alicyclic amines) is 1. The van der Waals surface area contributed by atoms with E-state index < -0.39 is 0 Å². The summed E-state index contributed by atoms with van der Waals surface area (Å²) >= 11 is 1.42. The fourth-order valence-corrected chi connectivity index (χ4v) is 4.70. The van der Waals surface area contributed by atoms with Gasteiger partial charge in [-0.05, 0) is 48.9 Å². The van der Waals surface area contributed by atoms with E-state index in [2.05, 4.69) is 38.1 Å². The van der Waals surface area contributed by atoms with E-state index in [0.29, 0.717) is 16.5 Å². The van der Waals surface area contributed by atoms with Gasteiger partial charge in [0.25, 0.3) is 5.91 Å². The lowest BCUT2D eigenvalue weighted by atomic mass is 10.00. The Labute approximate surface area is 151 Å². The molecule has 4 nitrogen and oxygen atoms in total. The average Bonchev–Trinajstić information content (AvgIpc) is 2.94. The lowest BCUT2D eigenvalue weighted by Gasteiger charge is -2.30. The highest BCUT2D eigenvalue weighted by Crippen LogP contribution is 2.36. The molecule has 1 saturated heterocycles. The van der Waals surface area contributed by atoms with E-state index in [1.165, 1.54) is 23.3 Å². The number of pyridine rings is 1. The number of rotatable bonds is 2. The van der Waals surface area contributed by atoms with Crippen molar-refractivity contribution < 1.29 is 4.79 Å². The molecule has 25 heavy (non-hydrogen) atoms. The van der Waals surface area contributed by atoms with Crippen molar-refractivity contribution in [1.29, 1.82) is 0 Å². The second-order valence-electron chi connectivity index (χ2n) is 7.07. The van der Waals surface area contributed by atoms with Crippen molar-refractivity contribution in [3.05, 3.63) is 34.7 Å². The molecule has 1 aromatic carbocycles. The van der Waals surface area contributed by atoms with Crippen LogP contribution in [0.15, 0.2) is 24.3 Å². The minimum Gasteiger partial charge on any atom is -0.397 e. The van der Waals surface area contributed by atoms with Crippen molar-refractivity contribution in [3.63, 3.8) is 0 Å². The van der Waals surface area contributed by atoms with Crippen LogP contribution in [0.2, 0.25) is 0 Å². The van der Waals surface area contributed by atoms with Gasteiger partial charge in [-0.3, -0.25) is 4.79 Å². The predicted molar refractivity (Wildman–Crippen MR) is 105 cm³/mol. The Bertz CT molecular complexity index is 962. The number of nitrogens with two attached hydrogens (primary N) is 1. The first-order valence-corrected chi connectivity index (χ1v) is 9.79. The van der Waals surface area contributed by atoms with Crippen molar-refractivity contribution in [2.24, 2.45) is 5.92 Å². The minimum atomic E-state index is 0.0605. The molecule has 1 aliphatic rings. The van der Waals surface area contributed by atoms with Gasteiger partial charge in [-0.2, -0.15) is 0 Å². The maximum Gasteiger partial charge on any atom is 0.266 e. The van der Waals surface area contributed by atoms with Gasteiger partial charge < -0.3 is 10.6 Å². The quantitative estimate of drug-likeness (QED) is 0.739. The molecule has 0 saturated carbocycles. The number of thiophene rings is 1. The van der Waals surface area contributed by atoms with E-state index in [1.54, 1.807) is 0 Å². The van der Waals surface area contributed by atoms with Crippen molar-refractivity contribution in [2.45, 2.75) is 33.1 Å². The van der Waals surface area contributed by atoms with Crippen molar-refractivity contribution >= 4 is 44.1 Å². The number of nitrogens with zero attached hydrogens (tertiary/aromatic N) is 2. The number of carbonyl (C=O) groups is 1. The van der Waals surface area contributed by atoms with Crippen LogP contribution in [0.25, 0.3) is 21.1 Å². The average molecular weight is 353 g/mol. The molecule has 0 bridgehead atoms. The molecular formula is C20H23N3OS. The van der Waals surface area contributed by atoms with Crippen LogP contribution in [0.5, 0.6) is 0 Å². The van der Waals surface area contributed by atoms with Crippen LogP contribution < -0.4 is 5.73 Å². The summed E-state index contributed by atoms with van der Waals surface area (Å²) in [6.45, 7) is 5.99. The third-order valence-electron chi connectivity index (χ3n) is 5.12. The normalized spacial score (nSPS) is 18.2. The number of benzene rings is 1. The molecule has 3 heterocycles. The zero-order chi connectivity index (χ0) is 17.6. The second-order valence-corrected chi connectivity index (χ2v) is 8.06. The molecule has 0 aliphatic carbocycles. The summed E-state index contributed by atoms with van der Waals surface area (Å²) in [6.07, 6.45) is 3.25. The molecule has 1 aliphatic heterocycles. The molecule has 0 spiro atoms. The summed E-state index contributed by atoms with van der Waals surface area (Å²) in [5, 5.41) is 1.99. The number of aryl methyl sites for hydroxylation is 1. The van der Waals surface area contributed by atoms with Gasteiger partial charge in [0.05, 0.1) is 11.2 Å². The molecule has 130 valence electrons. The number of nitrogen functional groups attached to an aromatic ring is 1. The largest absolute Gasteiger partial charge is 0.397 e. The third-order valence-corrected chi connectivity index (χ3v) is 6.23. The van der Waals surface area contributed by atoms with Gasteiger partial charge in [-0.15, -0.1) is 11.3 Å². The van der Waals surface area contributed by atoms with E-state index in [4.69, 9.17) is 10.7 Å². The number of hydrogen-bond donors (Lipinski definition) is 1. The molecule has 3 aromatic rings. The van der Waals surface area contributed by atoms with Crippen LogP contribution in [0.1, 0.15) is 41.9 Å². The van der Waals surface area contributed by atoms with Crippen LogP contribution in [0, 0.1) is 5.92 Å². The van der Waals surface area contributed by atoms with Gasteiger partial charge in [0, 0.05) is 23.9 Å². The summed E-state index contributed by atoms with van der Waals surface area (Å²) < 4.78 is 0. The Morgan fingerprint density at radius 2 is 2.24 bits per heavy atom. The van der Waals surface area contributed by atoms with Crippen LogP contribution in [0.3, 0.4) is 0 Å². The summed E-state index contributed by atoms with van der Waals surface area (Å²) in [5.74, 6) is 0.617. The minimum absolute atomic E-state index is 0.0605. The standard InChI is InChI=1S/C20H23N3OS/c1-3-13-6-7-16-14(9-13)10-15-17(21)18(25-19(15)22-16)20(24)23-8-4-5-12(2)11-23/h6-7,9-10,12H,3-5,8,11,21H2,1-2H3/t12-/m1/s1. The lowest BCUT2D eigenvalue weighted by Crippen LogP contribution is -2.38. The van der Waals surface area contributed by atoms with Gasteiger partial charge in [0.2, 0.25) is 0 Å². The Kier molecular flexibility index (Phi) is 4.12. The number of anilines is 1.